The molecule has 0 bridgehead atoms. The van der Waals surface area contributed by atoms with Gasteiger partial charge in [0.2, 0.25) is 0 Å². The van der Waals surface area contributed by atoms with Crippen LogP contribution in [0.4, 0.5) is 5.69 Å². The first kappa shape index (κ1) is 26.5. The number of benzene rings is 2. The van der Waals surface area contributed by atoms with Crippen LogP contribution in [-0.4, -0.2) is 36.7 Å². The average molecular weight is 470 g/mol. The Morgan fingerprint density at radius 1 is 1.09 bits per heavy atom. The van der Waals surface area contributed by atoms with Crippen molar-refractivity contribution in [3.05, 3.63) is 69.3 Å². The van der Waals surface area contributed by atoms with Crippen LogP contribution in [0, 0.1) is 15.5 Å². The van der Waals surface area contributed by atoms with Gasteiger partial charge in [0.1, 0.15) is 0 Å². The third-order valence-electron chi connectivity index (χ3n) is 5.00. The molecule has 0 aromatic heterocycles. The molecule has 2 rings (SSSR count). The lowest BCUT2D eigenvalue weighted by atomic mass is 9.72. The zero-order valence-electron chi connectivity index (χ0n) is 20.4. The summed E-state index contributed by atoms with van der Waals surface area (Å²) >= 11 is 0. The molecule has 34 heavy (non-hydrogen) atoms. The van der Waals surface area contributed by atoms with E-state index < -0.39 is 23.4 Å². The molecule has 0 atom stereocenters. The van der Waals surface area contributed by atoms with Gasteiger partial charge in [-0.2, -0.15) is 5.10 Å². The van der Waals surface area contributed by atoms with Gasteiger partial charge >= 0.3 is 11.7 Å². The molecule has 1 amide bonds. The number of hydrogen-bond acceptors (Lipinski definition) is 7. The minimum Gasteiger partial charge on any atom is -0.477 e. The van der Waals surface area contributed by atoms with Crippen LogP contribution in [0.5, 0.6) is 5.75 Å². The largest absolute Gasteiger partial charge is 0.477 e. The number of nitrogens with zero attached hydrogens (tertiary/aromatic N) is 2. The van der Waals surface area contributed by atoms with Crippen LogP contribution in [0.15, 0.2) is 47.6 Å². The molecule has 182 valence electrons. The van der Waals surface area contributed by atoms with Gasteiger partial charge in [-0.15, -0.1) is 0 Å². The SMILES string of the molecule is COC(=O)c1ccc(C=NNC(=O)COc2ccc(C(C)(C)CC(C)(C)C)cc2[N+](=O)[O-])cc1. The summed E-state index contributed by atoms with van der Waals surface area (Å²) in [6.07, 6.45) is 2.23. The predicted octanol–water partition coefficient (Wildman–Crippen LogP) is 4.62. The molecule has 1 N–H and O–H groups in total. The van der Waals surface area contributed by atoms with E-state index in [0.29, 0.717) is 11.1 Å². The highest BCUT2D eigenvalue weighted by Crippen LogP contribution is 2.39. The van der Waals surface area contributed by atoms with Crippen LogP contribution < -0.4 is 10.2 Å². The van der Waals surface area contributed by atoms with Crippen LogP contribution in [-0.2, 0) is 14.9 Å². The summed E-state index contributed by atoms with van der Waals surface area (Å²) in [4.78, 5) is 34.6. The molecule has 9 nitrogen and oxygen atoms in total. The van der Waals surface area contributed by atoms with E-state index in [9.17, 15) is 19.7 Å². The summed E-state index contributed by atoms with van der Waals surface area (Å²) in [7, 11) is 1.30. The maximum atomic E-state index is 12.1. The molecule has 0 unspecified atom stereocenters. The Hall–Kier alpha value is -3.75. The highest BCUT2D eigenvalue weighted by atomic mass is 16.6. The molecule has 0 aliphatic rings. The van der Waals surface area contributed by atoms with E-state index in [4.69, 9.17) is 4.74 Å². The maximum absolute atomic E-state index is 12.1. The Morgan fingerprint density at radius 2 is 1.74 bits per heavy atom. The molecule has 0 aliphatic carbocycles. The van der Waals surface area contributed by atoms with Gasteiger partial charge < -0.3 is 9.47 Å². The lowest BCUT2D eigenvalue weighted by molar-refractivity contribution is -0.385. The van der Waals surface area contributed by atoms with Crippen molar-refractivity contribution in [3.8, 4) is 5.75 Å². The fourth-order valence-electron chi connectivity index (χ4n) is 3.81. The normalized spacial score (nSPS) is 11.8. The van der Waals surface area contributed by atoms with Crippen molar-refractivity contribution in [1.82, 2.24) is 5.43 Å². The van der Waals surface area contributed by atoms with Crippen LogP contribution >= 0.6 is 0 Å². The summed E-state index contributed by atoms with van der Waals surface area (Å²) < 4.78 is 10.0. The van der Waals surface area contributed by atoms with E-state index in [0.717, 1.165) is 12.0 Å². The number of methoxy groups -OCH3 is 1. The first-order valence-electron chi connectivity index (χ1n) is 10.7. The summed E-state index contributed by atoms with van der Waals surface area (Å²) in [5, 5.41) is 15.4. The van der Waals surface area contributed by atoms with Crippen molar-refractivity contribution in [3.63, 3.8) is 0 Å². The van der Waals surface area contributed by atoms with Gasteiger partial charge in [-0.05, 0) is 46.6 Å². The summed E-state index contributed by atoms with van der Waals surface area (Å²) in [6.45, 7) is 10.0. The zero-order valence-corrected chi connectivity index (χ0v) is 20.4. The minimum atomic E-state index is -0.575. The Labute approximate surface area is 199 Å². The van der Waals surface area contributed by atoms with E-state index in [1.54, 1.807) is 30.3 Å². The number of amides is 1. The summed E-state index contributed by atoms with van der Waals surface area (Å²) in [5.41, 5.74) is 3.76. The Morgan fingerprint density at radius 3 is 2.29 bits per heavy atom. The third-order valence-corrected chi connectivity index (χ3v) is 5.00. The van der Waals surface area contributed by atoms with Gasteiger partial charge in [0.25, 0.3) is 5.91 Å². The monoisotopic (exact) mass is 469 g/mol. The van der Waals surface area contributed by atoms with E-state index in [2.05, 4.69) is 36.0 Å². The van der Waals surface area contributed by atoms with Gasteiger partial charge in [0.05, 0.1) is 23.8 Å². The van der Waals surface area contributed by atoms with Crippen molar-refractivity contribution in [2.75, 3.05) is 13.7 Å². The number of nitro benzene ring substituents is 1. The van der Waals surface area contributed by atoms with Crippen molar-refractivity contribution in [1.29, 1.82) is 0 Å². The minimum absolute atomic E-state index is 0.0119. The fourth-order valence-corrected chi connectivity index (χ4v) is 3.81. The van der Waals surface area contributed by atoms with E-state index >= 15 is 0 Å². The van der Waals surface area contributed by atoms with Crippen molar-refractivity contribution in [2.24, 2.45) is 10.5 Å². The smallest absolute Gasteiger partial charge is 0.337 e. The maximum Gasteiger partial charge on any atom is 0.337 e. The Kier molecular flexibility index (Phi) is 8.51. The number of nitrogens with one attached hydrogen (secondary N) is 1. The molecule has 9 heteroatoms. The Bertz CT molecular complexity index is 1070. The molecule has 0 heterocycles. The van der Waals surface area contributed by atoms with Gasteiger partial charge in [-0.1, -0.05) is 52.8 Å². The summed E-state index contributed by atoms with van der Waals surface area (Å²) in [6, 6.07) is 11.3. The molecule has 0 aliphatic heterocycles. The first-order valence-corrected chi connectivity index (χ1v) is 10.7. The standard InChI is InChI=1S/C25H31N3O6/c1-24(2,3)16-25(4,5)19-11-12-21(20(13-19)28(31)32)34-15-22(29)27-26-14-17-7-9-18(10-8-17)23(30)33-6/h7-14H,15-16H2,1-6H3,(H,27,29). The van der Waals surface area contributed by atoms with E-state index in [-0.39, 0.29) is 22.3 Å². The van der Waals surface area contributed by atoms with E-state index in [1.165, 1.54) is 25.5 Å². The summed E-state index contributed by atoms with van der Waals surface area (Å²) in [5.74, 6) is -1.01. The highest BCUT2D eigenvalue weighted by molar-refractivity contribution is 5.90. The van der Waals surface area contributed by atoms with Crippen LogP contribution in [0.25, 0.3) is 0 Å². The molecule has 0 saturated heterocycles. The number of nitro groups is 1. The van der Waals surface area contributed by atoms with E-state index in [1.807, 2.05) is 13.8 Å². The van der Waals surface area contributed by atoms with Gasteiger partial charge in [0.15, 0.2) is 12.4 Å². The third kappa shape index (κ3) is 7.68. The molecular weight excluding hydrogens is 438 g/mol. The molecular formula is C25H31N3O6. The molecule has 2 aromatic rings. The number of ether oxygens (including phenoxy) is 2. The van der Waals surface area contributed by atoms with Crippen molar-refractivity contribution < 1.29 is 24.0 Å². The van der Waals surface area contributed by atoms with Crippen LogP contribution in [0.3, 0.4) is 0 Å². The second kappa shape index (κ2) is 10.9. The van der Waals surface area contributed by atoms with Crippen LogP contribution in [0.1, 0.15) is 62.5 Å². The first-order chi connectivity index (χ1) is 15.8. The van der Waals surface area contributed by atoms with Crippen molar-refractivity contribution in [2.45, 2.75) is 46.5 Å². The second-order valence-electron chi connectivity index (χ2n) is 9.76. The van der Waals surface area contributed by atoms with Gasteiger partial charge in [0, 0.05) is 6.07 Å². The number of hydrazone groups is 1. The molecule has 0 saturated carbocycles. The molecule has 0 fully saturated rings. The predicted molar refractivity (Wildman–Crippen MR) is 129 cm³/mol. The molecule has 0 spiro atoms. The Balaban J connectivity index is 2.01. The number of carbonyl (C=O) groups excluding carboxylic acids is 2. The fraction of sp³-hybridized carbons (Fsp3) is 0.400. The number of hydrogen-bond donors (Lipinski definition) is 1. The molecule has 0 radical (unpaired) electrons. The van der Waals surface area contributed by atoms with Crippen molar-refractivity contribution >= 4 is 23.8 Å². The lowest BCUT2D eigenvalue weighted by Gasteiger charge is -2.33. The second-order valence-corrected chi connectivity index (χ2v) is 9.76. The van der Waals surface area contributed by atoms with Gasteiger partial charge in [-0.3, -0.25) is 14.9 Å². The quantitative estimate of drug-likeness (QED) is 0.248. The number of rotatable bonds is 9. The highest BCUT2D eigenvalue weighted by Gasteiger charge is 2.29. The zero-order chi connectivity index (χ0) is 25.5. The molecule has 2 aromatic carbocycles. The number of esters is 1. The topological polar surface area (TPSA) is 120 Å². The average Bonchev–Trinajstić information content (AvgIpc) is 2.75. The van der Waals surface area contributed by atoms with Gasteiger partial charge in [-0.25, -0.2) is 10.2 Å². The van der Waals surface area contributed by atoms with Crippen LogP contribution in [0.2, 0.25) is 0 Å². The number of carbonyl (C=O) groups is 2. The lowest BCUT2D eigenvalue weighted by Crippen LogP contribution is -2.26.